The molecule has 0 fully saturated rings. The minimum absolute atomic E-state index is 0.0667. The molecule has 1 N–H and O–H groups in total. The Morgan fingerprint density at radius 1 is 1.23 bits per heavy atom. The number of aryl methyl sites for hydroxylation is 2. The second-order valence-electron chi connectivity index (χ2n) is 8.05. The third kappa shape index (κ3) is 4.65. The van der Waals surface area contributed by atoms with E-state index in [-0.39, 0.29) is 18.0 Å². The van der Waals surface area contributed by atoms with Gasteiger partial charge in [0.2, 0.25) is 5.91 Å². The molecule has 4 rings (SSSR count). The van der Waals surface area contributed by atoms with Crippen LogP contribution in [0.25, 0.3) is 10.2 Å². The average molecular weight is 441 g/mol. The van der Waals surface area contributed by atoms with Crippen LogP contribution in [0, 0.1) is 0 Å². The van der Waals surface area contributed by atoms with E-state index in [2.05, 4.69) is 5.32 Å². The molecule has 31 heavy (non-hydrogen) atoms. The van der Waals surface area contributed by atoms with Gasteiger partial charge in [-0.3, -0.25) is 14.2 Å². The van der Waals surface area contributed by atoms with Crippen LogP contribution in [0.5, 0.6) is 5.75 Å². The van der Waals surface area contributed by atoms with E-state index in [9.17, 15) is 9.59 Å². The summed E-state index contributed by atoms with van der Waals surface area (Å²) in [5.41, 5.74) is 1.70. The van der Waals surface area contributed by atoms with Crippen molar-refractivity contribution in [1.82, 2.24) is 14.5 Å². The second-order valence-corrected chi connectivity index (χ2v) is 9.14. The van der Waals surface area contributed by atoms with Gasteiger partial charge in [-0.2, -0.15) is 0 Å². The van der Waals surface area contributed by atoms with Gasteiger partial charge in [0, 0.05) is 10.6 Å². The molecule has 2 aromatic heterocycles. The number of ether oxygens (including phenoxy) is 1. The van der Waals surface area contributed by atoms with Gasteiger partial charge in [-0.1, -0.05) is 0 Å². The monoisotopic (exact) mass is 440 g/mol. The van der Waals surface area contributed by atoms with Crippen molar-refractivity contribution in [2.24, 2.45) is 0 Å². The first-order valence-corrected chi connectivity index (χ1v) is 11.5. The zero-order chi connectivity index (χ0) is 22.0. The summed E-state index contributed by atoms with van der Waals surface area (Å²) in [5, 5.41) is 3.58. The van der Waals surface area contributed by atoms with Crippen LogP contribution in [0.4, 0.5) is 5.69 Å². The first-order valence-electron chi connectivity index (χ1n) is 10.7. The smallest absolute Gasteiger partial charge is 0.263 e. The van der Waals surface area contributed by atoms with Gasteiger partial charge in [0.05, 0.1) is 18.5 Å². The number of nitrogens with one attached hydrogen (secondary N) is 1. The minimum atomic E-state index is -0.253. The summed E-state index contributed by atoms with van der Waals surface area (Å²) < 4.78 is 6.97. The van der Waals surface area contributed by atoms with Crippen molar-refractivity contribution in [3.8, 4) is 5.75 Å². The van der Waals surface area contributed by atoms with Crippen molar-refractivity contribution in [2.45, 2.75) is 45.7 Å². The number of thiophene rings is 1. The Labute approximate surface area is 185 Å². The molecule has 0 aliphatic heterocycles. The molecule has 1 aromatic carbocycles. The van der Waals surface area contributed by atoms with Crippen LogP contribution in [0.1, 0.15) is 36.0 Å². The van der Waals surface area contributed by atoms with Gasteiger partial charge in [0.15, 0.2) is 0 Å². The summed E-state index contributed by atoms with van der Waals surface area (Å²) >= 11 is 1.64. The molecule has 1 aliphatic carbocycles. The first-order chi connectivity index (χ1) is 15.0. The zero-order valence-electron chi connectivity index (χ0n) is 18.2. The number of nitrogens with zero attached hydrogens (tertiary/aromatic N) is 3. The molecule has 8 heteroatoms. The van der Waals surface area contributed by atoms with Gasteiger partial charge in [0.25, 0.3) is 5.56 Å². The number of aromatic nitrogens is 2. The molecule has 3 aromatic rings. The molecule has 0 saturated carbocycles. The normalized spacial score (nSPS) is 13.4. The van der Waals surface area contributed by atoms with Crippen LogP contribution >= 0.6 is 11.3 Å². The van der Waals surface area contributed by atoms with Gasteiger partial charge >= 0.3 is 0 Å². The summed E-state index contributed by atoms with van der Waals surface area (Å²) in [5.74, 6) is 1.11. The topological polar surface area (TPSA) is 76.5 Å². The van der Waals surface area contributed by atoms with E-state index in [1.54, 1.807) is 23.5 Å². The third-order valence-electron chi connectivity index (χ3n) is 5.36. The Morgan fingerprint density at radius 2 is 1.97 bits per heavy atom. The highest BCUT2D eigenvalue weighted by Crippen LogP contribution is 2.33. The van der Waals surface area contributed by atoms with E-state index in [0.717, 1.165) is 41.8 Å². The Bertz CT molecular complexity index is 1150. The molecule has 0 atom stereocenters. The van der Waals surface area contributed by atoms with E-state index in [1.807, 2.05) is 38.1 Å². The Hall–Kier alpha value is -2.71. The summed E-state index contributed by atoms with van der Waals surface area (Å²) in [6, 6.07) is 7.22. The van der Waals surface area contributed by atoms with E-state index in [0.29, 0.717) is 30.0 Å². The Balaban J connectivity index is 1.65. The quantitative estimate of drug-likeness (QED) is 0.609. The molecular weight excluding hydrogens is 412 g/mol. The van der Waals surface area contributed by atoms with Crippen LogP contribution in [0.15, 0.2) is 29.1 Å². The molecule has 7 nitrogen and oxygen atoms in total. The number of anilines is 1. The molecular formula is C23H28N4O3S. The highest BCUT2D eigenvalue weighted by atomic mass is 32.1. The van der Waals surface area contributed by atoms with Gasteiger partial charge in [-0.15, -0.1) is 11.3 Å². The Kier molecular flexibility index (Phi) is 6.38. The number of hydrogen-bond acceptors (Lipinski definition) is 6. The number of benzene rings is 1. The van der Waals surface area contributed by atoms with Crippen LogP contribution in [-0.2, 0) is 30.7 Å². The van der Waals surface area contributed by atoms with Crippen molar-refractivity contribution < 1.29 is 9.53 Å². The maximum absolute atomic E-state index is 13.5. The lowest BCUT2D eigenvalue weighted by atomic mass is 9.97. The second kappa shape index (κ2) is 9.20. The van der Waals surface area contributed by atoms with E-state index in [4.69, 9.17) is 9.72 Å². The van der Waals surface area contributed by atoms with Crippen molar-refractivity contribution in [1.29, 1.82) is 0 Å². The lowest BCUT2D eigenvalue weighted by Crippen LogP contribution is -2.33. The highest BCUT2D eigenvalue weighted by Gasteiger charge is 2.23. The number of amides is 1. The molecule has 0 spiro atoms. The number of carbonyl (C=O) groups is 1. The van der Waals surface area contributed by atoms with Crippen LogP contribution in [-0.4, -0.2) is 41.1 Å². The zero-order valence-corrected chi connectivity index (χ0v) is 19.1. The molecule has 0 radical (unpaired) electrons. The van der Waals surface area contributed by atoms with E-state index < -0.39 is 0 Å². The number of hydrogen-bond donors (Lipinski definition) is 1. The van der Waals surface area contributed by atoms with Gasteiger partial charge in [-0.25, -0.2) is 4.98 Å². The minimum Gasteiger partial charge on any atom is -0.494 e. The predicted molar refractivity (Wildman–Crippen MR) is 124 cm³/mol. The molecule has 2 heterocycles. The fraction of sp³-hybridized carbons (Fsp3) is 0.435. The first kappa shape index (κ1) is 21.5. The van der Waals surface area contributed by atoms with Crippen LogP contribution in [0.2, 0.25) is 0 Å². The third-order valence-corrected chi connectivity index (χ3v) is 6.55. The van der Waals surface area contributed by atoms with Crippen molar-refractivity contribution in [2.75, 3.05) is 26.0 Å². The highest BCUT2D eigenvalue weighted by molar-refractivity contribution is 7.18. The van der Waals surface area contributed by atoms with Crippen LogP contribution < -0.4 is 15.6 Å². The average Bonchev–Trinajstić information content (AvgIpc) is 3.10. The molecule has 1 aliphatic rings. The van der Waals surface area contributed by atoms with Crippen LogP contribution in [0.3, 0.4) is 0 Å². The molecule has 0 bridgehead atoms. The van der Waals surface area contributed by atoms with Gasteiger partial charge in [-0.05, 0) is 76.5 Å². The van der Waals surface area contributed by atoms with Crippen molar-refractivity contribution >= 4 is 33.1 Å². The largest absolute Gasteiger partial charge is 0.494 e. The fourth-order valence-corrected chi connectivity index (χ4v) is 5.26. The maximum atomic E-state index is 13.5. The number of rotatable bonds is 7. The van der Waals surface area contributed by atoms with Crippen molar-refractivity contribution in [3.05, 3.63) is 50.9 Å². The van der Waals surface area contributed by atoms with E-state index >= 15 is 0 Å². The van der Waals surface area contributed by atoms with Gasteiger partial charge in [0.1, 0.15) is 22.9 Å². The fourth-order valence-electron chi connectivity index (χ4n) is 3.99. The number of carbonyl (C=O) groups excluding carboxylic acids is 1. The summed E-state index contributed by atoms with van der Waals surface area (Å²) in [7, 11) is 3.86. The van der Waals surface area contributed by atoms with Gasteiger partial charge < -0.3 is 15.0 Å². The predicted octanol–water partition coefficient (Wildman–Crippen LogP) is 3.44. The maximum Gasteiger partial charge on any atom is 0.263 e. The van der Waals surface area contributed by atoms with Crippen molar-refractivity contribution in [3.63, 3.8) is 0 Å². The molecule has 164 valence electrons. The molecule has 0 saturated heterocycles. The summed E-state index contributed by atoms with van der Waals surface area (Å²) in [6.07, 6.45) is 4.17. The SMILES string of the molecule is CCOc1ccc(NC(=O)Cn2c(CN(C)C)nc3sc4c(c3c2=O)CCCC4)cc1. The lowest BCUT2D eigenvalue weighted by molar-refractivity contribution is -0.116. The number of fused-ring (bicyclic) bond motifs is 3. The summed E-state index contributed by atoms with van der Waals surface area (Å²) in [6.45, 7) is 2.94. The molecule has 1 amide bonds. The lowest BCUT2D eigenvalue weighted by Gasteiger charge is -2.16. The molecule has 0 unspecified atom stereocenters. The summed E-state index contributed by atoms with van der Waals surface area (Å²) in [4.78, 5) is 35.1. The van der Waals surface area contributed by atoms with E-state index in [1.165, 1.54) is 9.44 Å². The Morgan fingerprint density at radius 3 is 2.68 bits per heavy atom. The standard InChI is InChI=1S/C23H28N4O3S/c1-4-30-16-11-9-15(10-12-16)24-20(28)14-27-19(13-26(2)3)25-22-21(23(27)29)17-7-5-6-8-18(17)31-22/h9-12H,4-8,13-14H2,1-3H3,(H,24,28).